The topological polar surface area (TPSA) is 95.5 Å². The van der Waals surface area contributed by atoms with Crippen LogP contribution in [0.3, 0.4) is 0 Å². The van der Waals surface area contributed by atoms with E-state index in [9.17, 15) is 14.4 Å². The van der Waals surface area contributed by atoms with Crippen molar-refractivity contribution >= 4 is 23.5 Å². The summed E-state index contributed by atoms with van der Waals surface area (Å²) in [5.41, 5.74) is 0.847. The monoisotopic (exact) mass is 290 g/mol. The van der Waals surface area contributed by atoms with Gasteiger partial charge in [0.1, 0.15) is 6.04 Å². The zero-order valence-corrected chi connectivity index (χ0v) is 11.9. The van der Waals surface area contributed by atoms with Gasteiger partial charge in [0.2, 0.25) is 5.91 Å². The van der Waals surface area contributed by atoms with Gasteiger partial charge in [0.25, 0.3) is 5.91 Å². The van der Waals surface area contributed by atoms with Gasteiger partial charge in [0.15, 0.2) is 0 Å². The molecule has 0 aromatic heterocycles. The lowest BCUT2D eigenvalue weighted by Gasteiger charge is -2.10. The molecular formula is C15H18N2O4. The molecule has 1 aromatic carbocycles. The van der Waals surface area contributed by atoms with E-state index in [-0.39, 0.29) is 11.8 Å². The average Bonchev–Trinajstić information content (AvgIpc) is 3.16. The van der Waals surface area contributed by atoms with Crippen molar-refractivity contribution < 1.29 is 19.5 Å². The first-order chi connectivity index (χ1) is 9.88. The molecule has 0 saturated heterocycles. The zero-order chi connectivity index (χ0) is 15.6. The maximum Gasteiger partial charge on any atom is 0.325 e. The van der Waals surface area contributed by atoms with Crippen molar-refractivity contribution in [3.8, 4) is 0 Å². The Morgan fingerprint density at radius 2 is 2.00 bits per heavy atom. The molecular weight excluding hydrogens is 272 g/mol. The molecule has 1 saturated carbocycles. The molecule has 112 valence electrons. The fourth-order valence-electron chi connectivity index (χ4n) is 2.00. The number of carboxylic acids is 1. The van der Waals surface area contributed by atoms with Gasteiger partial charge in [0.05, 0.1) is 0 Å². The molecule has 3 atom stereocenters. The molecule has 0 aliphatic heterocycles. The smallest absolute Gasteiger partial charge is 0.325 e. The Bertz CT molecular complexity index is 585. The number of carboxylic acid groups (broad SMARTS) is 1. The van der Waals surface area contributed by atoms with Crippen molar-refractivity contribution in [1.29, 1.82) is 0 Å². The van der Waals surface area contributed by atoms with Gasteiger partial charge in [-0.1, -0.05) is 13.0 Å². The fraction of sp³-hybridized carbons (Fsp3) is 0.400. The minimum Gasteiger partial charge on any atom is -0.480 e. The second-order valence-corrected chi connectivity index (χ2v) is 5.42. The summed E-state index contributed by atoms with van der Waals surface area (Å²) >= 11 is 0. The van der Waals surface area contributed by atoms with Crippen molar-refractivity contribution in [1.82, 2.24) is 5.32 Å². The minimum atomic E-state index is -1.10. The van der Waals surface area contributed by atoms with Crippen molar-refractivity contribution in [2.45, 2.75) is 26.3 Å². The molecule has 0 heterocycles. The van der Waals surface area contributed by atoms with Gasteiger partial charge in [-0.05, 0) is 37.5 Å². The summed E-state index contributed by atoms with van der Waals surface area (Å²) < 4.78 is 0. The van der Waals surface area contributed by atoms with E-state index in [1.165, 1.54) is 13.0 Å². The van der Waals surface area contributed by atoms with Crippen LogP contribution in [0.1, 0.15) is 30.6 Å². The molecule has 0 bridgehead atoms. The Morgan fingerprint density at radius 1 is 1.33 bits per heavy atom. The Kier molecular flexibility index (Phi) is 4.26. The maximum absolute atomic E-state index is 11.9. The molecule has 2 amide bonds. The van der Waals surface area contributed by atoms with E-state index in [1.54, 1.807) is 18.2 Å². The standard InChI is InChI=1S/C15H18N2O4/c1-8-6-12(8)14(19)17-11-5-3-4-10(7-11)13(18)16-9(2)15(20)21/h3-5,7-9,12H,6H2,1-2H3,(H,16,18)(H,17,19)(H,20,21)/t8?,9-,12?/m1/s1. The minimum absolute atomic E-state index is 0.0426. The predicted octanol–water partition coefficient (Wildman–Crippen LogP) is 1.48. The van der Waals surface area contributed by atoms with E-state index < -0.39 is 17.9 Å². The number of carbonyl (C=O) groups excluding carboxylic acids is 2. The van der Waals surface area contributed by atoms with Gasteiger partial charge in [-0.2, -0.15) is 0 Å². The molecule has 0 radical (unpaired) electrons. The molecule has 1 aliphatic carbocycles. The van der Waals surface area contributed by atoms with E-state index >= 15 is 0 Å². The molecule has 21 heavy (non-hydrogen) atoms. The molecule has 2 rings (SSSR count). The van der Waals surface area contributed by atoms with Crippen LogP contribution in [0.25, 0.3) is 0 Å². The van der Waals surface area contributed by atoms with Crippen LogP contribution < -0.4 is 10.6 Å². The first-order valence-electron chi connectivity index (χ1n) is 6.83. The van der Waals surface area contributed by atoms with Crippen molar-refractivity contribution in [3.05, 3.63) is 29.8 Å². The number of anilines is 1. The summed E-state index contributed by atoms with van der Waals surface area (Å²) in [4.78, 5) is 34.5. The van der Waals surface area contributed by atoms with Crippen molar-refractivity contribution in [3.63, 3.8) is 0 Å². The number of aliphatic carboxylic acids is 1. The molecule has 1 aliphatic rings. The number of rotatable bonds is 5. The first kappa shape index (κ1) is 15.0. The summed E-state index contributed by atoms with van der Waals surface area (Å²) in [5.74, 6) is -1.17. The Hall–Kier alpha value is -2.37. The molecule has 6 heteroatoms. The lowest BCUT2D eigenvalue weighted by molar-refractivity contribution is -0.138. The zero-order valence-electron chi connectivity index (χ0n) is 11.9. The van der Waals surface area contributed by atoms with Gasteiger partial charge in [-0.3, -0.25) is 14.4 Å². The van der Waals surface area contributed by atoms with E-state index in [1.807, 2.05) is 6.92 Å². The Morgan fingerprint density at radius 3 is 2.57 bits per heavy atom. The summed E-state index contributed by atoms with van der Waals surface area (Å²) in [6.45, 7) is 3.40. The lowest BCUT2D eigenvalue weighted by atomic mass is 10.1. The summed E-state index contributed by atoms with van der Waals surface area (Å²) in [6.07, 6.45) is 0.891. The van der Waals surface area contributed by atoms with Gasteiger partial charge in [-0.25, -0.2) is 0 Å². The average molecular weight is 290 g/mol. The highest BCUT2D eigenvalue weighted by Crippen LogP contribution is 2.38. The number of carbonyl (C=O) groups is 3. The van der Waals surface area contributed by atoms with Gasteiger partial charge in [-0.15, -0.1) is 0 Å². The largest absolute Gasteiger partial charge is 0.480 e. The molecule has 6 nitrogen and oxygen atoms in total. The quantitative estimate of drug-likeness (QED) is 0.765. The van der Waals surface area contributed by atoms with Gasteiger partial charge >= 0.3 is 5.97 Å². The summed E-state index contributed by atoms with van der Waals surface area (Å²) in [6, 6.07) is 5.48. The van der Waals surface area contributed by atoms with Crippen LogP contribution in [-0.2, 0) is 9.59 Å². The highest BCUT2D eigenvalue weighted by molar-refractivity contribution is 5.99. The normalized spacial score (nSPS) is 21.2. The third-order valence-electron chi connectivity index (χ3n) is 3.56. The third-order valence-corrected chi connectivity index (χ3v) is 3.56. The molecule has 0 spiro atoms. The van der Waals surface area contributed by atoms with Gasteiger partial charge < -0.3 is 15.7 Å². The number of benzene rings is 1. The highest BCUT2D eigenvalue weighted by atomic mass is 16.4. The van der Waals surface area contributed by atoms with E-state index in [0.717, 1.165) is 6.42 Å². The van der Waals surface area contributed by atoms with Crippen LogP contribution in [-0.4, -0.2) is 28.9 Å². The fourth-order valence-corrected chi connectivity index (χ4v) is 2.00. The number of hydrogen-bond acceptors (Lipinski definition) is 3. The van der Waals surface area contributed by atoms with Crippen LogP contribution in [0.5, 0.6) is 0 Å². The predicted molar refractivity (Wildman–Crippen MR) is 76.9 cm³/mol. The van der Waals surface area contributed by atoms with Crippen LogP contribution in [0.4, 0.5) is 5.69 Å². The summed E-state index contributed by atoms with van der Waals surface area (Å²) in [5, 5.41) is 13.9. The van der Waals surface area contributed by atoms with E-state index in [4.69, 9.17) is 5.11 Å². The molecule has 2 unspecified atom stereocenters. The number of nitrogens with one attached hydrogen (secondary N) is 2. The second-order valence-electron chi connectivity index (χ2n) is 5.42. The van der Waals surface area contributed by atoms with Crippen LogP contribution >= 0.6 is 0 Å². The van der Waals surface area contributed by atoms with E-state index in [2.05, 4.69) is 10.6 Å². The van der Waals surface area contributed by atoms with Crippen LogP contribution in [0.15, 0.2) is 24.3 Å². The van der Waals surface area contributed by atoms with Crippen molar-refractivity contribution in [2.24, 2.45) is 11.8 Å². The van der Waals surface area contributed by atoms with Crippen LogP contribution in [0.2, 0.25) is 0 Å². The first-order valence-corrected chi connectivity index (χ1v) is 6.83. The Labute approximate surface area is 122 Å². The third kappa shape index (κ3) is 3.81. The number of hydrogen-bond donors (Lipinski definition) is 3. The van der Waals surface area contributed by atoms with E-state index in [0.29, 0.717) is 17.2 Å². The maximum atomic E-state index is 11.9. The Balaban J connectivity index is 2.01. The number of amides is 2. The van der Waals surface area contributed by atoms with Gasteiger partial charge in [0, 0.05) is 17.2 Å². The molecule has 1 fully saturated rings. The van der Waals surface area contributed by atoms with Crippen LogP contribution in [0, 0.1) is 11.8 Å². The molecule has 1 aromatic rings. The van der Waals surface area contributed by atoms with Crippen molar-refractivity contribution in [2.75, 3.05) is 5.32 Å². The highest BCUT2D eigenvalue weighted by Gasteiger charge is 2.39. The molecule has 3 N–H and O–H groups in total. The SMILES string of the molecule is CC1CC1C(=O)Nc1cccc(C(=O)N[C@H](C)C(=O)O)c1. The lowest BCUT2D eigenvalue weighted by Crippen LogP contribution is -2.38. The summed E-state index contributed by atoms with van der Waals surface area (Å²) in [7, 11) is 0. The second kappa shape index (κ2) is 5.95.